The van der Waals surface area contributed by atoms with Gasteiger partial charge in [0, 0.05) is 62.7 Å². The number of halogens is 1. The Balaban J connectivity index is 1.51. The van der Waals surface area contributed by atoms with Gasteiger partial charge >= 0.3 is 0 Å². The van der Waals surface area contributed by atoms with Crippen molar-refractivity contribution >= 4 is 29.2 Å². The van der Waals surface area contributed by atoms with Gasteiger partial charge in [-0.05, 0) is 25.3 Å². The van der Waals surface area contributed by atoms with Crippen LogP contribution in [-0.4, -0.2) is 66.1 Å². The topological polar surface area (TPSA) is 60.3 Å². The fourth-order valence-corrected chi connectivity index (χ4v) is 4.78. The lowest BCUT2D eigenvalue weighted by Crippen LogP contribution is -2.40. The standard InChI is InChI=1S/C19H26ClN5O/c1-13(26)24-8-3-9-25(11-10-24)17-5-2-4-16(23-17)18-14-6-7-21-19(14)22-12-15(18)20/h2,5,12,14,16,18H,3-4,6-11H2,1H3,(H,21,22). The van der Waals surface area contributed by atoms with E-state index in [2.05, 4.69) is 27.4 Å². The van der Waals surface area contributed by atoms with E-state index in [1.54, 1.807) is 13.1 Å². The van der Waals surface area contributed by atoms with Crippen molar-refractivity contribution in [3.05, 3.63) is 23.4 Å². The summed E-state index contributed by atoms with van der Waals surface area (Å²) >= 11 is 6.57. The Hall–Kier alpha value is -1.82. The number of fused-ring (bicyclic) bond motifs is 1. The van der Waals surface area contributed by atoms with Crippen LogP contribution in [0.2, 0.25) is 0 Å². The van der Waals surface area contributed by atoms with Crippen molar-refractivity contribution in [3.63, 3.8) is 0 Å². The average molecular weight is 376 g/mol. The number of amidine groups is 2. The first-order valence-corrected chi connectivity index (χ1v) is 9.93. The highest BCUT2D eigenvalue weighted by Crippen LogP contribution is 2.38. The number of rotatable bonds is 1. The lowest BCUT2D eigenvalue weighted by Gasteiger charge is -2.33. The molecule has 0 aliphatic carbocycles. The molecule has 1 amide bonds. The van der Waals surface area contributed by atoms with Crippen LogP contribution in [0.3, 0.4) is 0 Å². The summed E-state index contributed by atoms with van der Waals surface area (Å²) in [7, 11) is 0. The predicted molar refractivity (Wildman–Crippen MR) is 104 cm³/mol. The van der Waals surface area contributed by atoms with Crippen molar-refractivity contribution in [2.24, 2.45) is 21.8 Å². The van der Waals surface area contributed by atoms with Crippen LogP contribution in [0, 0.1) is 11.8 Å². The number of dihydropyridines is 1. The zero-order valence-electron chi connectivity index (χ0n) is 15.2. The first kappa shape index (κ1) is 17.6. The van der Waals surface area contributed by atoms with Crippen LogP contribution in [0.5, 0.6) is 0 Å². The number of nitrogens with zero attached hydrogens (tertiary/aromatic N) is 4. The van der Waals surface area contributed by atoms with Crippen molar-refractivity contribution in [3.8, 4) is 0 Å². The molecule has 4 rings (SSSR count). The molecular formula is C19H26ClN5O. The van der Waals surface area contributed by atoms with Crippen molar-refractivity contribution in [2.75, 3.05) is 32.7 Å². The zero-order valence-corrected chi connectivity index (χ0v) is 16.0. The lowest BCUT2D eigenvalue weighted by atomic mass is 9.81. The molecule has 4 heterocycles. The van der Waals surface area contributed by atoms with Gasteiger partial charge in [-0.25, -0.2) is 4.99 Å². The molecule has 6 nitrogen and oxygen atoms in total. The van der Waals surface area contributed by atoms with Gasteiger partial charge in [-0.1, -0.05) is 17.7 Å². The second-order valence-corrected chi connectivity index (χ2v) is 7.85. The summed E-state index contributed by atoms with van der Waals surface area (Å²) in [6.07, 6.45) is 9.09. The van der Waals surface area contributed by atoms with Gasteiger partial charge in [-0.2, -0.15) is 0 Å². The summed E-state index contributed by atoms with van der Waals surface area (Å²) in [4.78, 5) is 25.5. The average Bonchev–Trinajstić information content (AvgIpc) is 2.96. The number of nitrogens with one attached hydrogen (secondary N) is 1. The van der Waals surface area contributed by atoms with Crippen LogP contribution >= 0.6 is 11.6 Å². The monoisotopic (exact) mass is 375 g/mol. The molecule has 140 valence electrons. The minimum atomic E-state index is 0.154. The van der Waals surface area contributed by atoms with E-state index < -0.39 is 0 Å². The van der Waals surface area contributed by atoms with Crippen LogP contribution in [0.25, 0.3) is 0 Å². The normalized spacial score (nSPS) is 31.5. The van der Waals surface area contributed by atoms with Crippen molar-refractivity contribution in [1.29, 1.82) is 0 Å². The highest BCUT2D eigenvalue weighted by molar-refractivity contribution is 6.30. The highest BCUT2D eigenvalue weighted by atomic mass is 35.5. The number of carbonyl (C=O) groups excluding carboxylic acids is 1. The van der Waals surface area contributed by atoms with Crippen LogP contribution in [0.15, 0.2) is 33.4 Å². The van der Waals surface area contributed by atoms with E-state index in [0.29, 0.717) is 5.92 Å². The third-order valence-electron chi connectivity index (χ3n) is 5.81. The molecule has 26 heavy (non-hydrogen) atoms. The van der Waals surface area contributed by atoms with Gasteiger partial charge in [-0.15, -0.1) is 0 Å². The fourth-order valence-electron chi connectivity index (χ4n) is 4.43. The lowest BCUT2D eigenvalue weighted by molar-refractivity contribution is -0.128. The Kier molecular flexibility index (Phi) is 5.02. The largest absolute Gasteiger partial charge is 0.373 e. The van der Waals surface area contributed by atoms with E-state index in [1.807, 2.05) is 4.90 Å². The molecule has 0 spiro atoms. The fraction of sp³-hybridized carbons (Fsp3) is 0.632. The van der Waals surface area contributed by atoms with Gasteiger partial charge in [0.25, 0.3) is 0 Å². The van der Waals surface area contributed by atoms with Crippen LogP contribution in [-0.2, 0) is 4.79 Å². The summed E-state index contributed by atoms with van der Waals surface area (Å²) in [5.74, 6) is 2.82. The molecule has 4 aliphatic rings. The van der Waals surface area contributed by atoms with E-state index in [0.717, 1.165) is 68.7 Å². The Morgan fingerprint density at radius 2 is 2.19 bits per heavy atom. The molecule has 1 N–H and O–H groups in total. The van der Waals surface area contributed by atoms with E-state index >= 15 is 0 Å². The molecule has 7 heteroatoms. The number of amides is 1. The number of hydrogen-bond acceptors (Lipinski definition) is 5. The summed E-state index contributed by atoms with van der Waals surface area (Å²) in [6.45, 7) is 5.98. The summed E-state index contributed by atoms with van der Waals surface area (Å²) in [5.41, 5.74) is 0. The third-order valence-corrected chi connectivity index (χ3v) is 6.16. The maximum atomic E-state index is 11.7. The highest BCUT2D eigenvalue weighted by Gasteiger charge is 2.40. The molecular weight excluding hydrogens is 350 g/mol. The van der Waals surface area contributed by atoms with Crippen molar-refractivity contribution in [1.82, 2.24) is 15.1 Å². The van der Waals surface area contributed by atoms with Gasteiger partial charge in [0.05, 0.1) is 6.04 Å². The Morgan fingerprint density at radius 3 is 3.04 bits per heavy atom. The molecule has 2 fully saturated rings. The van der Waals surface area contributed by atoms with Gasteiger partial charge in [0.15, 0.2) is 0 Å². The van der Waals surface area contributed by atoms with Gasteiger partial charge < -0.3 is 15.1 Å². The minimum Gasteiger partial charge on any atom is -0.373 e. The quantitative estimate of drug-likeness (QED) is 0.762. The second kappa shape index (κ2) is 7.43. The van der Waals surface area contributed by atoms with Gasteiger partial charge in [-0.3, -0.25) is 9.79 Å². The maximum Gasteiger partial charge on any atom is 0.219 e. The van der Waals surface area contributed by atoms with Crippen LogP contribution in [0.4, 0.5) is 0 Å². The molecule has 3 atom stereocenters. The summed E-state index contributed by atoms with van der Waals surface area (Å²) < 4.78 is 0. The minimum absolute atomic E-state index is 0.154. The molecule has 4 aliphatic heterocycles. The van der Waals surface area contributed by atoms with Crippen molar-refractivity contribution < 1.29 is 4.79 Å². The van der Waals surface area contributed by atoms with E-state index in [4.69, 9.17) is 16.6 Å². The smallest absolute Gasteiger partial charge is 0.219 e. The molecule has 0 radical (unpaired) electrons. The maximum absolute atomic E-state index is 11.7. The van der Waals surface area contributed by atoms with E-state index in [1.165, 1.54) is 0 Å². The molecule has 2 saturated heterocycles. The van der Waals surface area contributed by atoms with E-state index in [9.17, 15) is 4.79 Å². The first-order valence-electron chi connectivity index (χ1n) is 9.55. The van der Waals surface area contributed by atoms with Crippen molar-refractivity contribution in [2.45, 2.75) is 32.2 Å². The molecule has 0 bridgehead atoms. The second-order valence-electron chi connectivity index (χ2n) is 7.42. The number of aliphatic imine (C=N–C) groups is 2. The number of carbonyl (C=O) groups is 1. The molecule has 0 saturated carbocycles. The molecule has 3 unspecified atom stereocenters. The van der Waals surface area contributed by atoms with Gasteiger partial charge in [0.2, 0.25) is 5.91 Å². The predicted octanol–water partition coefficient (Wildman–Crippen LogP) is 1.99. The Morgan fingerprint density at radius 1 is 1.31 bits per heavy atom. The first-order chi connectivity index (χ1) is 12.6. The zero-order chi connectivity index (χ0) is 18.1. The van der Waals surface area contributed by atoms with Crippen LogP contribution < -0.4 is 5.32 Å². The Labute approximate surface area is 159 Å². The number of hydrogen-bond donors (Lipinski definition) is 1. The molecule has 0 aromatic rings. The van der Waals surface area contributed by atoms with Crippen LogP contribution in [0.1, 0.15) is 26.2 Å². The van der Waals surface area contributed by atoms with E-state index in [-0.39, 0.29) is 17.9 Å². The molecule has 0 aromatic carbocycles. The summed E-state index contributed by atoms with van der Waals surface area (Å²) in [5, 5.41) is 4.20. The Bertz CT molecular complexity index is 698. The van der Waals surface area contributed by atoms with Gasteiger partial charge in [0.1, 0.15) is 11.7 Å². The molecule has 0 aromatic heterocycles. The summed E-state index contributed by atoms with van der Waals surface area (Å²) in [6, 6.07) is 0.154. The SMILES string of the molecule is CC(=O)N1CCCN(C2=NC(C3C(Cl)=CN=C4NCCC43)CC=C2)CC1. The third kappa shape index (κ3) is 3.39.